The van der Waals surface area contributed by atoms with Crippen molar-refractivity contribution in [3.8, 4) is 0 Å². The van der Waals surface area contributed by atoms with E-state index in [2.05, 4.69) is 20.3 Å². The second-order valence-corrected chi connectivity index (χ2v) is 5.84. The summed E-state index contributed by atoms with van der Waals surface area (Å²) in [5.74, 6) is 1.29. The van der Waals surface area contributed by atoms with E-state index in [1.165, 1.54) is 0 Å². The maximum Gasteiger partial charge on any atom is 0.249 e. The Labute approximate surface area is 135 Å². The molecule has 1 aromatic carbocycles. The fraction of sp³-hybridized carbons (Fsp3) is 0.375. The molecule has 1 aliphatic heterocycles. The van der Waals surface area contributed by atoms with Gasteiger partial charge in [0.1, 0.15) is 11.9 Å². The minimum atomic E-state index is -0.350. The quantitative estimate of drug-likeness (QED) is 0.893. The van der Waals surface area contributed by atoms with Crippen LogP contribution in [0.4, 0.5) is 17.6 Å². The van der Waals surface area contributed by atoms with Gasteiger partial charge in [0.15, 0.2) is 0 Å². The van der Waals surface area contributed by atoms with Gasteiger partial charge in [0.25, 0.3) is 0 Å². The first-order valence-electron chi connectivity index (χ1n) is 7.69. The van der Waals surface area contributed by atoms with E-state index in [0.29, 0.717) is 24.7 Å². The molecular weight excluding hydrogens is 292 g/mol. The highest BCUT2D eigenvalue weighted by atomic mass is 16.2. The van der Waals surface area contributed by atoms with Gasteiger partial charge in [0.05, 0.1) is 0 Å². The van der Waals surface area contributed by atoms with Crippen LogP contribution in [-0.4, -0.2) is 33.4 Å². The number of rotatable bonds is 4. The van der Waals surface area contributed by atoms with Crippen molar-refractivity contribution in [1.82, 2.24) is 15.0 Å². The zero-order valence-electron chi connectivity index (χ0n) is 13.2. The first kappa shape index (κ1) is 15.2. The molecular formula is C16H20N6O. The predicted octanol–water partition coefficient (Wildman–Crippen LogP) is 1.79. The van der Waals surface area contributed by atoms with E-state index in [4.69, 9.17) is 5.73 Å². The third-order valence-electron chi connectivity index (χ3n) is 3.76. The van der Waals surface area contributed by atoms with Crippen molar-refractivity contribution in [2.75, 3.05) is 22.5 Å². The number of nitrogens with one attached hydrogen (secondary N) is 1. The predicted molar refractivity (Wildman–Crippen MR) is 89.2 cm³/mol. The average molecular weight is 312 g/mol. The second kappa shape index (κ2) is 6.20. The summed E-state index contributed by atoms with van der Waals surface area (Å²) in [5.41, 5.74) is 6.63. The van der Waals surface area contributed by atoms with Crippen LogP contribution in [0.1, 0.15) is 32.0 Å². The van der Waals surface area contributed by atoms with Gasteiger partial charge in [0.2, 0.25) is 17.8 Å². The van der Waals surface area contributed by atoms with Crippen molar-refractivity contribution in [2.24, 2.45) is 0 Å². The van der Waals surface area contributed by atoms with Crippen LogP contribution < -0.4 is 16.0 Å². The fourth-order valence-corrected chi connectivity index (χ4v) is 2.57. The Bertz CT molecular complexity index is 703. The number of aromatic nitrogens is 3. The number of nitrogens with two attached hydrogens (primary N) is 1. The summed E-state index contributed by atoms with van der Waals surface area (Å²) < 4.78 is 0. The molecule has 1 fully saturated rings. The van der Waals surface area contributed by atoms with Gasteiger partial charge < -0.3 is 16.0 Å². The molecule has 0 radical (unpaired) electrons. The SMILES string of the molecule is CC(C)c1nc(N)nc(NC2CCN(c3ccccc3)C2=O)n1. The summed E-state index contributed by atoms with van der Waals surface area (Å²) in [6.45, 7) is 4.63. The van der Waals surface area contributed by atoms with Crippen molar-refractivity contribution in [1.29, 1.82) is 0 Å². The largest absolute Gasteiger partial charge is 0.368 e. The molecule has 3 N–H and O–H groups in total. The fourth-order valence-electron chi connectivity index (χ4n) is 2.57. The van der Waals surface area contributed by atoms with Gasteiger partial charge in [-0.05, 0) is 18.6 Å². The van der Waals surface area contributed by atoms with E-state index in [1.807, 2.05) is 44.2 Å². The molecule has 1 aromatic heterocycles. The molecule has 0 spiro atoms. The summed E-state index contributed by atoms with van der Waals surface area (Å²) in [6, 6.07) is 9.28. The normalized spacial score (nSPS) is 17.8. The van der Waals surface area contributed by atoms with E-state index in [9.17, 15) is 4.79 Å². The highest BCUT2D eigenvalue weighted by Gasteiger charge is 2.33. The smallest absolute Gasteiger partial charge is 0.249 e. The lowest BCUT2D eigenvalue weighted by molar-refractivity contribution is -0.117. The molecule has 23 heavy (non-hydrogen) atoms. The molecule has 1 unspecified atom stereocenters. The molecule has 2 aromatic rings. The third kappa shape index (κ3) is 3.23. The van der Waals surface area contributed by atoms with Crippen LogP contribution in [0, 0.1) is 0 Å². The van der Waals surface area contributed by atoms with Crippen molar-refractivity contribution >= 4 is 23.5 Å². The Morgan fingerprint density at radius 2 is 1.96 bits per heavy atom. The average Bonchev–Trinajstić information content (AvgIpc) is 2.88. The summed E-state index contributed by atoms with van der Waals surface area (Å²) in [6.07, 6.45) is 0.691. The van der Waals surface area contributed by atoms with Crippen LogP contribution in [0.25, 0.3) is 0 Å². The molecule has 1 saturated heterocycles. The lowest BCUT2D eigenvalue weighted by Crippen LogP contribution is -2.34. The van der Waals surface area contributed by atoms with Gasteiger partial charge in [-0.3, -0.25) is 4.79 Å². The van der Waals surface area contributed by atoms with Crippen LogP contribution in [0.3, 0.4) is 0 Å². The number of carbonyl (C=O) groups excluding carboxylic acids is 1. The topological polar surface area (TPSA) is 97.0 Å². The molecule has 120 valence electrons. The van der Waals surface area contributed by atoms with Gasteiger partial charge in [-0.2, -0.15) is 15.0 Å². The number of hydrogen-bond donors (Lipinski definition) is 2. The highest BCUT2D eigenvalue weighted by molar-refractivity contribution is 6.00. The number of hydrogen-bond acceptors (Lipinski definition) is 6. The Morgan fingerprint density at radius 3 is 2.65 bits per heavy atom. The van der Waals surface area contributed by atoms with Crippen molar-refractivity contribution in [3.05, 3.63) is 36.2 Å². The number of carbonyl (C=O) groups is 1. The summed E-state index contributed by atoms with van der Waals surface area (Å²) in [7, 11) is 0. The summed E-state index contributed by atoms with van der Waals surface area (Å²) in [4.78, 5) is 26.9. The lowest BCUT2D eigenvalue weighted by atomic mass is 10.2. The van der Waals surface area contributed by atoms with Gasteiger partial charge in [-0.1, -0.05) is 32.0 Å². The van der Waals surface area contributed by atoms with Crippen LogP contribution in [-0.2, 0) is 4.79 Å². The highest BCUT2D eigenvalue weighted by Crippen LogP contribution is 2.23. The van der Waals surface area contributed by atoms with E-state index in [1.54, 1.807) is 4.90 Å². The van der Waals surface area contributed by atoms with Crippen molar-refractivity contribution in [3.63, 3.8) is 0 Å². The van der Waals surface area contributed by atoms with E-state index in [0.717, 1.165) is 5.69 Å². The van der Waals surface area contributed by atoms with Crippen molar-refractivity contribution in [2.45, 2.75) is 32.2 Å². The number of amides is 1. The first-order valence-corrected chi connectivity index (χ1v) is 7.69. The lowest BCUT2D eigenvalue weighted by Gasteiger charge is -2.17. The molecule has 1 amide bonds. The standard InChI is InChI=1S/C16H20N6O/c1-10(2)13-19-15(17)21-16(20-13)18-12-8-9-22(14(12)23)11-6-4-3-5-7-11/h3-7,10,12H,8-9H2,1-2H3,(H3,17,18,19,20,21). The molecule has 1 aliphatic rings. The third-order valence-corrected chi connectivity index (χ3v) is 3.76. The maximum atomic E-state index is 12.6. The number of nitrogens with zero attached hydrogens (tertiary/aromatic N) is 4. The van der Waals surface area contributed by atoms with Crippen LogP contribution in [0.5, 0.6) is 0 Å². The van der Waals surface area contributed by atoms with Crippen molar-refractivity contribution < 1.29 is 4.79 Å². The molecule has 7 nitrogen and oxygen atoms in total. The van der Waals surface area contributed by atoms with Crippen LogP contribution in [0.2, 0.25) is 0 Å². The Morgan fingerprint density at radius 1 is 1.22 bits per heavy atom. The Hall–Kier alpha value is -2.70. The number of para-hydroxylation sites is 1. The monoisotopic (exact) mass is 312 g/mol. The first-order chi connectivity index (χ1) is 11.0. The molecule has 0 saturated carbocycles. The zero-order chi connectivity index (χ0) is 16.4. The number of nitrogen functional groups attached to an aromatic ring is 1. The van der Waals surface area contributed by atoms with Crippen LogP contribution in [0.15, 0.2) is 30.3 Å². The van der Waals surface area contributed by atoms with Gasteiger partial charge in [0, 0.05) is 18.2 Å². The van der Waals surface area contributed by atoms with E-state index < -0.39 is 0 Å². The molecule has 0 aliphatic carbocycles. The summed E-state index contributed by atoms with van der Waals surface area (Å²) >= 11 is 0. The Balaban J connectivity index is 1.76. The molecule has 2 heterocycles. The minimum Gasteiger partial charge on any atom is -0.368 e. The number of anilines is 3. The van der Waals surface area contributed by atoms with Gasteiger partial charge in [-0.15, -0.1) is 0 Å². The zero-order valence-corrected chi connectivity index (χ0v) is 13.2. The number of benzene rings is 1. The second-order valence-electron chi connectivity index (χ2n) is 5.84. The van der Waals surface area contributed by atoms with Gasteiger partial charge in [-0.25, -0.2) is 0 Å². The minimum absolute atomic E-state index is 0.0151. The Kier molecular flexibility index (Phi) is 4.10. The van der Waals surface area contributed by atoms with E-state index >= 15 is 0 Å². The van der Waals surface area contributed by atoms with Gasteiger partial charge >= 0.3 is 0 Å². The van der Waals surface area contributed by atoms with Crippen LogP contribution >= 0.6 is 0 Å². The maximum absolute atomic E-state index is 12.6. The summed E-state index contributed by atoms with van der Waals surface area (Å²) in [5, 5.41) is 3.09. The molecule has 1 atom stereocenters. The van der Waals surface area contributed by atoms with E-state index in [-0.39, 0.29) is 23.8 Å². The molecule has 3 rings (SSSR count). The molecule has 7 heteroatoms. The molecule has 0 bridgehead atoms.